The number of benzene rings is 1. The molecule has 0 bridgehead atoms. The molecule has 2 aromatic rings. The molecule has 0 aliphatic carbocycles. The van der Waals surface area contributed by atoms with Gasteiger partial charge in [0, 0.05) is 23.7 Å². The van der Waals surface area contributed by atoms with Gasteiger partial charge in [0.2, 0.25) is 0 Å². The highest BCUT2D eigenvalue weighted by Gasteiger charge is 2.01. The van der Waals surface area contributed by atoms with Crippen LogP contribution in [-0.4, -0.2) is 22.3 Å². The van der Waals surface area contributed by atoms with E-state index < -0.39 is 0 Å². The van der Waals surface area contributed by atoms with Crippen molar-refractivity contribution in [1.29, 1.82) is 0 Å². The Hall–Kier alpha value is -1.26. The SMILES string of the molecule is Cc1cc(C)nc(SCCNc2ccccc2Cl)n1. The maximum absolute atomic E-state index is 6.07. The van der Waals surface area contributed by atoms with Gasteiger partial charge in [0.05, 0.1) is 10.7 Å². The summed E-state index contributed by atoms with van der Waals surface area (Å²) in [7, 11) is 0. The van der Waals surface area contributed by atoms with E-state index >= 15 is 0 Å². The third kappa shape index (κ3) is 4.40. The topological polar surface area (TPSA) is 37.8 Å². The summed E-state index contributed by atoms with van der Waals surface area (Å²) in [5.41, 5.74) is 2.98. The van der Waals surface area contributed by atoms with Crippen molar-refractivity contribution in [3.05, 3.63) is 46.7 Å². The van der Waals surface area contributed by atoms with Crippen LogP contribution in [0, 0.1) is 13.8 Å². The van der Waals surface area contributed by atoms with Crippen molar-refractivity contribution in [2.24, 2.45) is 0 Å². The number of hydrogen-bond acceptors (Lipinski definition) is 4. The minimum Gasteiger partial charge on any atom is -0.383 e. The third-order valence-electron chi connectivity index (χ3n) is 2.48. The van der Waals surface area contributed by atoms with Crippen LogP contribution in [0.4, 0.5) is 5.69 Å². The number of para-hydroxylation sites is 1. The lowest BCUT2D eigenvalue weighted by Gasteiger charge is -2.07. The Bertz CT molecular complexity index is 540. The highest BCUT2D eigenvalue weighted by molar-refractivity contribution is 7.99. The number of hydrogen-bond donors (Lipinski definition) is 1. The van der Waals surface area contributed by atoms with Gasteiger partial charge in [-0.05, 0) is 32.0 Å². The van der Waals surface area contributed by atoms with E-state index in [-0.39, 0.29) is 0 Å². The normalized spacial score (nSPS) is 10.5. The van der Waals surface area contributed by atoms with Crippen LogP contribution in [0.15, 0.2) is 35.5 Å². The van der Waals surface area contributed by atoms with Gasteiger partial charge in [-0.1, -0.05) is 35.5 Å². The molecule has 1 N–H and O–H groups in total. The van der Waals surface area contributed by atoms with Crippen LogP contribution in [0.5, 0.6) is 0 Å². The van der Waals surface area contributed by atoms with Crippen molar-refractivity contribution in [3.8, 4) is 0 Å². The molecule has 0 fully saturated rings. The lowest BCUT2D eigenvalue weighted by Crippen LogP contribution is -2.05. The van der Waals surface area contributed by atoms with Gasteiger partial charge >= 0.3 is 0 Å². The summed E-state index contributed by atoms with van der Waals surface area (Å²) in [6.45, 7) is 4.80. The average Bonchev–Trinajstić information content (AvgIpc) is 2.35. The zero-order valence-corrected chi connectivity index (χ0v) is 12.6. The second-order valence-corrected chi connectivity index (χ2v) is 5.66. The van der Waals surface area contributed by atoms with Gasteiger partial charge < -0.3 is 5.32 Å². The number of anilines is 1. The molecule has 1 aromatic heterocycles. The van der Waals surface area contributed by atoms with Crippen molar-refractivity contribution < 1.29 is 0 Å². The summed E-state index contributed by atoms with van der Waals surface area (Å²) in [4.78, 5) is 8.79. The van der Waals surface area contributed by atoms with Crippen molar-refractivity contribution in [2.45, 2.75) is 19.0 Å². The molecule has 1 heterocycles. The van der Waals surface area contributed by atoms with Crippen LogP contribution in [-0.2, 0) is 0 Å². The monoisotopic (exact) mass is 293 g/mol. The van der Waals surface area contributed by atoms with Crippen LogP contribution >= 0.6 is 23.4 Å². The first kappa shape index (κ1) is 14.2. The maximum atomic E-state index is 6.07. The summed E-state index contributed by atoms with van der Waals surface area (Å²) in [5.74, 6) is 0.897. The van der Waals surface area contributed by atoms with Crippen LogP contribution in [0.3, 0.4) is 0 Å². The van der Waals surface area contributed by atoms with Gasteiger partial charge in [0.1, 0.15) is 0 Å². The molecule has 2 rings (SSSR count). The predicted octanol–water partition coefficient (Wildman–Crippen LogP) is 3.95. The van der Waals surface area contributed by atoms with Gasteiger partial charge in [-0.3, -0.25) is 0 Å². The molecule has 0 unspecified atom stereocenters. The van der Waals surface area contributed by atoms with Crippen molar-refractivity contribution in [2.75, 3.05) is 17.6 Å². The fourth-order valence-electron chi connectivity index (χ4n) is 1.69. The lowest BCUT2D eigenvalue weighted by atomic mass is 10.3. The van der Waals surface area contributed by atoms with Crippen LogP contribution < -0.4 is 5.32 Å². The number of halogens is 1. The van der Waals surface area contributed by atoms with E-state index in [1.54, 1.807) is 11.8 Å². The van der Waals surface area contributed by atoms with Crippen LogP contribution in [0.1, 0.15) is 11.4 Å². The number of aryl methyl sites for hydroxylation is 2. The van der Waals surface area contributed by atoms with E-state index in [1.807, 2.05) is 44.2 Å². The Labute approximate surface area is 122 Å². The van der Waals surface area contributed by atoms with Gasteiger partial charge in [-0.2, -0.15) is 0 Å². The largest absolute Gasteiger partial charge is 0.383 e. The molecule has 100 valence electrons. The van der Waals surface area contributed by atoms with E-state index in [2.05, 4.69) is 15.3 Å². The first-order valence-electron chi connectivity index (χ1n) is 6.08. The molecule has 3 nitrogen and oxygen atoms in total. The minimum atomic E-state index is 0.746. The second kappa shape index (κ2) is 6.78. The molecule has 0 amide bonds. The molecular formula is C14H16ClN3S. The van der Waals surface area contributed by atoms with Crippen LogP contribution in [0.2, 0.25) is 5.02 Å². The fraction of sp³-hybridized carbons (Fsp3) is 0.286. The summed E-state index contributed by atoms with van der Waals surface area (Å²) in [6.07, 6.45) is 0. The maximum Gasteiger partial charge on any atom is 0.188 e. The van der Waals surface area contributed by atoms with E-state index in [0.717, 1.165) is 39.6 Å². The smallest absolute Gasteiger partial charge is 0.188 e. The summed E-state index contributed by atoms with van der Waals surface area (Å²) >= 11 is 7.71. The molecule has 5 heteroatoms. The van der Waals surface area contributed by atoms with Gasteiger partial charge in [0.15, 0.2) is 5.16 Å². The first-order valence-corrected chi connectivity index (χ1v) is 7.45. The standard InChI is InChI=1S/C14H16ClN3S/c1-10-9-11(2)18-14(17-10)19-8-7-16-13-6-4-3-5-12(13)15/h3-6,9,16H,7-8H2,1-2H3. The van der Waals surface area contributed by atoms with Gasteiger partial charge in [-0.25, -0.2) is 9.97 Å². The summed E-state index contributed by atoms with van der Waals surface area (Å²) in [6, 6.07) is 9.72. The number of nitrogens with zero attached hydrogens (tertiary/aromatic N) is 2. The summed E-state index contributed by atoms with van der Waals surface area (Å²) in [5, 5.41) is 4.88. The van der Waals surface area contributed by atoms with Gasteiger partial charge in [-0.15, -0.1) is 0 Å². The van der Waals surface area contributed by atoms with E-state index in [9.17, 15) is 0 Å². The molecule has 0 aliphatic rings. The second-order valence-electron chi connectivity index (χ2n) is 4.19. The molecule has 0 aliphatic heterocycles. The number of rotatable bonds is 5. The minimum absolute atomic E-state index is 0.746. The number of thioether (sulfide) groups is 1. The zero-order valence-electron chi connectivity index (χ0n) is 11.0. The fourth-order valence-corrected chi connectivity index (χ4v) is 2.70. The number of aromatic nitrogens is 2. The molecule has 0 saturated heterocycles. The Balaban J connectivity index is 1.82. The molecule has 0 radical (unpaired) electrons. The summed E-state index contributed by atoms with van der Waals surface area (Å²) < 4.78 is 0. The quantitative estimate of drug-likeness (QED) is 0.514. The molecule has 19 heavy (non-hydrogen) atoms. The zero-order chi connectivity index (χ0) is 13.7. The lowest BCUT2D eigenvalue weighted by molar-refractivity contribution is 0.902. The molecule has 1 aromatic carbocycles. The van der Waals surface area contributed by atoms with Crippen molar-refractivity contribution in [1.82, 2.24) is 9.97 Å². The Morgan fingerprint density at radius 1 is 1.16 bits per heavy atom. The van der Waals surface area contributed by atoms with Crippen molar-refractivity contribution in [3.63, 3.8) is 0 Å². The van der Waals surface area contributed by atoms with E-state index in [1.165, 1.54) is 0 Å². The first-order chi connectivity index (χ1) is 9.15. The highest BCUT2D eigenvalue weighted by atomic mass is 35.5. The molecule has 0 saturated carbocycles. The predicted molar refractivity (Wildman–Crippen MR) is 82.2 cm³/mol. The Morgan fingerprint density at radius 3 is 2.53 bits per heavy atom. The van der Waals surface area contributed by atoms with Crippen LogP contribution in [0.25, 0.3) is 0 Å². The highest BCUT2D eigenvalue weighted by Crippen LogP contribution is 2.20. The molecule has 0 spiro atoms. The Kier molecular flexibility index (Phi) is 5.05. The third-order valence-corrected chi connectivity index (χ3v) is 3.66. The molecule has 0 atom stereocenters. The molecular weight excluding hydrogens is 278 g/mol. The van der Waals surface area contributed by atoms with E-state index in [4.69, 9.17) is 11.6 Å². The van der Waals surface area contributed by atoms with Crippen molar-refractivity contribution >= 4 is 29.1 Å². The average molecular weight is 294 g/mol. The van der Waals surface area contributed by atoms with Gasteiger partial charge in [0.25, 0.3) is 0 Å². The number of nitrogens with one attached hydrogen (secondary N) is 1. The van der Waals surface area contributed by atoms with E-state index in [0.29, 0.717) is 0 Å². The Morgan fingerprint density at radius 2 is 1.84 bits per heavy atom.